The van der Waals surface area contributed by atoms with E-state index in [2.05, 4.69) is 16.0 Å². The molecule has 3 N–H and O–H groups in total. The van der Waals surface area contributed by atoms with Crippen LogP contribution in [0.1, 0.15) is 33.6 Å². The molecule has 0 spiro atoms. The van der Waals surface area contributed by atoms with E-state index in [1.165, 1.54) is 0 Å². The summed E-state index contributed by atoms with van der Waals surface area (Å²) in [5.41, 5.74) is 0. The van der Waals surface area contributed by atoms with Crippen molar-refractivity contribution < 1.29 is 9.59 Å². The molecule has 0 aromatic heterocycles. The summed E-state index contributed by atoms with van der Waals surface area (Å²) in [5.74, 6) is 0.0939. The minimum absolute atomic E-state index is 0.132. The number of hydrogen-bond acceptors (Lipinski definition) is 3. The molecule has 1 atom stereocenters. The van der Waals surface area contributed by atoms with Crippen molar-refractivity contribution in [2.75, 3.05) is 20.1 Å². The smallest absolute Gasteiger partial charge is 0.242 e. The van der Waals surface area contributed by atoms with Crippen LogP contribution in [0.2, 0.25) is 0 Å². The lowest BCUT2D eigenvalue weighted by atomic mass is 10.0. The fourth-order valence-corrected chi connectivity index (χ4v) is 1.50. The largest absolute Gasteiger partial charge is 0.357 e. The fraction of sp³-hybridized carbons (Fsp3) is 0.833. The second kappa shape index (κ2) is 8.98. The molecule has 100 valence electrons. The third kappa shape index (κ3) is 7.74. The van der Waals surface area contributed by atoms with Crippen LogP contribution in [0, 0.1) is 5.92 Å². The molecule has 0 aromatic rings. The Labute approximate surface area is 104 Å². The first kappa shape index (κ1) is 15.9. The standard InChI is InChI=1S/C12H25N3O2/c1-5-6-14-8-11(16)15-10(7-9(2)3)12(17)13-4/h9-10,14H,5-8H2,1-4H3,(H,13,17)(H,15,16). The Morgan fingerprint density at radius 3 is 2.35 bits per heavy atom. The van der Waals surface area contributed by atoms with Gasteiger partial charge >= 0.3 is 0 Å². The summed E-state index contributed by atoms with van der Waals surface area (Å²) in [5, 5.41) is 8.32. The molecular formula is C12H25N3O2. The van der Waals surface area contributed by atoms with Gasteiger partial charge in [-0.2, -0.15) is 0 Å². The molecule has 1 unspecified atom stereocenters. The zero-order valence-corrected chi connectivity index (χ0v) is 11.3. The fourth-order valence-electron chi connectivity index (χ4n) is 1.50. The third-order valence-corrected chi connectivity index (χ3v) is 2.32. The molecule has 0 rings (SSSR count). The predicted molar refractivity (Wildman–Crippen MR) is 68.6 cm³/mol. The number of carbonyl (C=O) groups excluding carboxylic acids is 2. The summed E-state index contributed by atoms with van der Waals surface area (Å²) in [6.07, 6.45) is 1.64. The third-order valence-electron chi connectivity index (χ3n) is 2.32. The molecule has 5 nitrogen and oxygen atoms in total. The Balaban J connectivity index is 4.13. The van der Waals surface area contributed by atoms with Gasteiger partial charge in [0.15, 0.2) is 0 Å². The van der Waals surface area contributed by atoms with Gasteiger partial charge in [0.2, 0.25) is 11.8 Å². The van der Waals surface area contributed by atoms with E-state index in [4.69, 9.17) is 0 Å². The molecule has 5 heteroatoms. The van der Waals surface area contributed by atoms with Crippen LogP contribution in [-0.4, -0.2) is 38.0 Å². The van der Waals surface area contributed by atoms with E-state index in [-0.39, 0.29) is 18.4 Å². The van der Waals surface area contributed by atoms with E-state index < -0.39 is 6.04 Å². The summed E-state index contributed by atoms with van der Waals surface area (Å²) in [4.78, 5) is 23.1. The van der Waals surface area contributed by atoms with Gasteiger partial charge in [-0.15, -0.1) is 0 Å². The maximum absolute atomic E-state index is 11.6. The number of rotatable bonds is 8. The van der Waals surface area contributed by atoms with E-state index in [0.29, 0.717) is 12.3 Å². The van der Waals surface area contributed by atoms with Crippen LogP contribution in [-0.2, 0) is 9.59 Å². The van der Waals surface area contributed by atoms with Crippen molar-refractivity contribution in [2.24, 2.45) is 5.92 Å². The maximum Gasteiger partial charge on any atom is 0.242 e. The van der Waals surface area contributed by atoms with E-state index in [9.17, 15) is 9.59 Å². The Morgan fingerprint density at radius 2 is 1.88 bits per heavy atom. The van der Waals surface area contributed by atoms with E-state index in [1.54, 1.807) is 7.05 Å². The van der Waals surface area contributed by atoms with Crippen LogP contribution in [0.15, 0.2) is 0 Å². The van der Waals surface area contributed by atoms with Gasteiger partial charge in [0.25, 0.3) is 0 Å². The highest BCUT2D eigenvalue weighted by atomic mass is 16.2. The van der Waals surface area contributed by atoms with Crippen molar-refractivity contribution in [1.29, 1.82) is 0 Å². The van der Waals surface area contributed by atoms with Crippen LogP contribution >= 0.6 is 0 Å². The van der Waals surface area contributed by atoms with E-state index in [0.717, 1.165) is 13.0 Å². The van der Waals surface area contributed by atoms with E-state index >= 15 is 0 Å². The minimum Gasteiger partial charge on any atom is -0.357 e. The Morgan fingerprint density at radius 1 is 1.24 bits per heavy atom. The van der Waals surface area contributed by atoms with Gasteiger partial charge in [0.05, 0.1) is 6.54 Å². The average molecular weight is 243 g/mol. The molecule has 0 aromatic carbocycles. The van der Waals surface area contributed by atoms with Gasteiger partial charge in [0.1, 0.15) is 6.04 Å². The number of nitrogens with one attached hydrogen (secondary N) is 3. The summed E-state index contributed by atoms with van der Waals surface area (Å²) >= 11 is 0. The molecule has 2 amide bonds. The van der Waals surface area contributed by atoms with Gasteiger partial charge in [-0.25, -0.2) is 0 Å². The number of carbonyl (C=O) groups is 2. The molecule has 0 fully saturated rings. The monoisotopic (exact) mass is 243 g/mol. The van der Waals surface area contributed by atoms with Crippen LogP contribution in [0.3, 0.4) is 0 Å². The zero-order chi connectivity index (χ0) is 13.3. The first-order chi connectivity index (χ1) is 8.01. The van der Waals surface area contributed by atoms with Crippen molar-refractivity contribution in [2.45, 2.75) is 39.7 Å². The molecule has 0 bridgehead atoms. The number of amides is 2. The van der Waals surface area contributed by atoms with E-state index in [1.807, 2.05) is 20.8 Å². The highest BCUT2D eigenvalue weighted by Gasteiger charge is 2.20. The van der Waals surface area contributed by atoms with Crippen molar-refractivity contribution in [1.82, 2.24) is 16.0 Å². The van der Waals surface area contributed by atoms with Gasteiger partial charge in [-0.1, -0.05) is 20.8 Å². The zero-order valence-electron chi connectivity index (χ0n) is 11.3. The lowest BCUT2D eigenvalue weighted by Gasteiger charge is -2.19. The summed E-state index contributed by atoms with van der Waals surface area (Å²) < 4.78 is 0. The highest BCUT2D eigenvalue weighted by molar-refractivity contribution is 5.88. The maximum atomic E-state index is 11.6. The summed E-state index contributed by atoms with van der Waals surface area (Å²) in [7, 11) is 1.58. The average Bonchev–Trinajstić information content (AvgIpc) is 2.27. The van der Waals surface area contributed by atoms with Crippen molar-refractivity contribution in [3.8, 4) is 0 Å². The van der Waals surface area contributed by atoms with Gasteiger partial charge in [-0.05, 0) is 25.3 Å². The number of hydrogen-bond donors (Lipinski definition) is 3. The van der Waals surface area contributed by atoms with Crippen molar-refractivity contribution in [3.63, 3.8) is 0 Å². The Kier molecular flexibility index (Phi) is 8.40. The van der Waals surface area contributed by atoms with Crippen LogP contribution in [0.25, 0.3) is 0 Å². The lowest BCUT2D eigenvalue weighted by molar-refractivity contribution is -0.128. The van der Waals surface area contributed by atoms with Crippen molar-refractivity contribution >= 4 is 11.8 Å². The first-order valence-corrected chi connectivity index (χ1v) is 6.22. The first-order valence-electron chi connectivity index (χ1n) is 6.22. The molecule has 0 saturated carbocycles. The molecule has 0 saturated heterocycles. The van der Waals surface area contributed by atoms with Crippen LogP contribution < -0.4 is 16.0 Å². The SMILES string of the molecule is CCCNCC(=O)NC(CC(C)C)C(=O)NC. The minimum atomic E-state index is -0.434. The van der Waals surface area contributed by atoms with Gasteiger partial charge < -0.3 is 16.0 Å². The highest BCUT2D eigenvalue weighted by Crippen LogP contribution is 2.04. The molecule has 0 aliphatic rings. The van der Waals surface area contributed by atoms with Crippen molar-refractivity contribution in [3.05, 3.63) is 0 Å². The van der Waals surface area contributed by atoms with Gasteiger partial charge in [-0.3, -0.25) is 9.59 Å². The summed E-state index contributed by atoms with van der Waals surface area (Å²) in [6, 6.07) is -0.434. The number of likely N-dealkylation sites (N-methyl/N-ethyl adjacent to an activating group) is 1. The summed E-state index contributed by atoms with van der Waals surface area (Å²) in [6.45, 7) is 7.16. The lowest BCUT2D eigenvalue weighted by Crippen LogP contribution is -2.48. The normalized spacial score (nSPS) is 12.3. The molecule has 0 aliphatic heterocycles. The molecule has 0 aliphatic carbocycles. The predicted octanol–water partition coefficient (Wildman–Crippen LogP) is 0.263. The van der Waals surface area contributed by atoms with Gasteiger partial charge in [0, 0.05) is 7.05 Å². The molecular weight excluding hydrogens is 218 g/mol. The molecule has 17 heavy (non-hydrogen) atoms. The molecule has 0 heterocycles. The Bertz CT molecular complexity index is 242. The molecule has 0 radical (unpaired) electrons. The Hall–Kier alpha value is -1.10. The second-order valence-electron chi connectivity index (χ2n) is 4.54. The van der Waals surface area contributed by atoms with Crippen LogP contribution in [0.5, 0.6) is 0 Å². The second-order valence-corrected chi connectivity index (χ2v) is 4.54. The topological polar surface area (TPSA) is 70.2 Å². The quantitative estimate of drug-likeness (QED) is 0.536. The van der Waals surface area contributed by atoms with Crippen LogP contribution in [0.4, 0.5) is 0 Å².